The first-order valence-corrected chi connectivity index (χ1v) is 48.1. The minimum absolute atomic E-state index is 0.257. The summed E-state index contributed by atoms with van der Waals surface area (Å²) in [5.74, 6) is -1.48. The number of hydrogen-bond donors (Lipinski definition) is 9. The SMILES string of the molecule is Cc1cccnc1C(=O)Nc1ccc(Cl)c(-c2nccc3ccccc23)c1.O=C(Nc1ccc(Cl)c(-c2nccc3ccccc23)c1)c1[nH]nc2ncccc12.O=C(Nc1ccc(Cl)c(-c2nccc3ccccc23)c1)c1cc(-c2ccccn2)n[nH]1.O=C(Nc1ccc(Cl)c(-c2nccc3ccccc23)c1)c1cc(-c2cccnc2)n[nH]1.O=C(Nc1ccc(Cl)c(-c2nccc3ccccc23)c1)c1cc(-c2ccncc2)n[nH]1. The second-order valence-corrected chi connectivity index (χ2v) is 35.5. The normalized spacial score (nSPS) is 10.9. The minimum Gasteiger partial charge on any atom is -0.321 e. The fourth-order valence-electron chi connectivity index (χ4n) is 16.6. The lowest BCUT2D eigenvalue weighted by atomic mass is 10.0. The number of hydrogen-bond acceptors (Lipinski definition) is 19. The molecule has 24 aromatic rings. The van der Waals surface area contributed by atoms with Crippen molar-refractivity contribution in [3.8, 4) is 90.2 Å². The molecule has 0 spiro atoms. The summed E-state index contributed by atoms with van der Waals surface area (Å²) in [6.07, 6.45) is 20.4. The summed E-state index contributed by atoms with van der Waals surface area (Å²) < 4.78 is 0. The highest BCUT2D eigenvalue weighted by atomic mass is 35.5. The number of aromatic amines is 4. The van der Waals surface area contributed by atoms with Gasteiger partial charge in [0, 0.05) is 169 Å². The lowest BCUT2D eigenvalue weighted by Crippen LogP contribution is -2.15. The van der Waals surface area contributed by atoms with Gasteiger partial charge < -0.3 is 26.6 Å². The predicted molar refractivity (Wildman–Crippen MR) is 589 cm³/mol. The Morgan fingerprint density at radius 3 is 0.960 bits per heavy atom. The number of anilines is 5. The van der Waals surface area contributed by atoms with E-state index < -0.39 is 0 Å². The van der Waals surface area contributed by atoms with Crippen LogP contribution >= 0.6 is 58.0 Å². The van der Waals surface area contributed by atoms with Crippen molar-refractivity contribution >= 4 is 181 Å². The number of fused-ring (bicyclic) bond motifs is 6. The highest BCUT2D eigenvalue weighted by molar-refractivity contribution is 6.36. The monoisotopic (exact) mass is 2050 g/mol. The van der Waals surface area contributed by atoms with Gasteiger partial charge in [-0.2, -0.15) is 20.4 Å². The number of H-pyrrole nitrogens is 4. The number of benzene rings is 10. The molecule has 0 saturated heterocycles. The maximum atomic E-state index is 12.8. The van der Waals surface area contributed by atoms with Gasteiger partial charge in [-0.15, -0.1) is 0 Å². The molecule has 5 amide bonds. The summed E-state index contributed by atoms with van der Waals surface area (Å²) in [4.78, 5) is 107. The molecular formula is C116H78Cl5N23O5. The number of aromatic nitrogens is 18. The van der Waals surface area contributed by atoms with Crippen LogP contribution in [0.1, 0.15) is 58.0 Å². The number of halogens is 5. The molecule has 28 nitrogen and oxygen atoms in total. The quantitative estimate of drug-likeness (QED) is 0.0385. The number of carbonyl (C=O) groups is 5. The van der Waals surface area contributed by atoms with E-state index in [1.54, 1.807) is 171 Å². The number of nitrogens with zero attached hydrogens (tertiary/aromatic N) is 14. The van der Waals surface area contributed by atoms with Crippen LogP contribution in [-0.4, -0.2) is 120 Å². The maximum absolute atomic E-state index is 12.8. The van der Waals surface area contributed by atoms with E-state index >= 15 is 0 Å². The van der Waals surface area contributed by atoms with Gasteiger partial charge in [0.1, 0.15) is 34.2 Å². The number of nitrogens with one attached hydrogen (secondary N) is 9. The second-order valence-electron chi connectivity index (χ2n) is 33.5. The summed E-state index contributed by atoms with van der Waals surface area (Å²) in [5, 5.41) is 56.0. The Hall–Kier alpha value is -19.1. The standard InChI is InChI=1S/3C24H16ClN5O.C22H14ClN5O.C22H16ClN3O/c25-19-9-8-16(13-18(19)23-17-6-2-1-5-15(17)10-12-27-23)28-24(31)22-14-21(29-30-22)20-7-3-4-11-26-20;25-20-8-7-17(12-19(20)23-18-6-2-1-4-15(18)9-11-27-23)28-24(31)22-13-21(29-30-22)16-5-3-10-26-14-16;25-20-6-5-17(13-19(20)23-18-4-2-1-3-15(18)9-12-27-23)28-24(31)22-14-21(29-30-22)16-7-10-26-11-8-16;23-18-8-7-14(26-22(29)20-16-6-3-10-25-21(16)28-27-20)12-17(18)19-15-5-2-1-4-13(15)9-11-24-19;1-14-5-4-11-24-20(14)22(27)26-16-8-9-19(23)18(13-16)21-17-7-3-2-6-15(17)10-12-25-21/h3*1-14H,(H,28,31)(H,29,30);1-12H,(H,26,29)(H,25,27,28);2-13H,1H3,(H,26,27). The van der Waals surface area contributed by atoms with E-state index in [1.165, 1.54) is 0 Å². The van der Waals surface area contributed by atoms with Crippen LogP contribution in [0.5, 0.6) is 0 Å². The molecule has 722 valence electrons. The van der Waals surface area contributed by atoms with Crippen molar-refractivity contribution in [3.63, 3.8) is 0 Å². The van der Waals surface area contributed by atoms with Crippen molar-refractivity contribution in [2.24, 2.45) is 0 Å². The number of carbonyl (C=O) groups excluding carboxylic acids is 5. The molecule has 33 heteroatoms. The van der Waals surface area contributed by atoms with Crippen LogP contribution in [0.2, 0.25) is 25.1 Å². The van der Waals surface area contributed by atoms with E-state index in [0.29, 0.717) is 116 Å². The van der Waals surface area contributed by atoms with Crippen molar-refractivity contribution < 1.29 is 24.0 Å². The molecule has 0 aliphatic rings. The first-order valence-electron chi connectivity index (χ1n) is 46.2. The summed E-state index contributed by atoms with van der Waals surface area (Å²) in [7, 11) is 0. The summed E-state index contributed by atoms with van der Waals surface area (Å²) >= 11 is 32.4. The van der Waals surface area contributed by atoms with Gasteiger partial charge in [-0.3, -0.25) is 89.2 Å². The Bertz CT molecular complexity index is 8620. The van der Waals surface area contributed by atoms with Crippen LogP contribution in [0.25, 0.3) is 155 Å². The van der Waals surface area contributed by atoms with Gasteiger partial charge in [-0.05, 0) is 234 Å². The first-order chi connectivity index (χ1) is 72.9. The molecule has 14 aromatic heterocycles. The molecule has 24 rings (SSSR count). The number of amides is 5. The van der Waals surface area contributed by atoms with E-state index in [2.05, 4.69) is 117 Å². The Labute approximate surface area is 874 Å². The largest absolute Gasteiger partial charge is 0.321 e. The van der Waals surface area contributed by atoms with E-state index in [0.717, 1.165) is 127 Å². The van der Waals surface area contributed by atoms with Crippen molar-refractivity contribution in [2.75, 3.05) is 26.6 Å². The fraction of sp³-hybridized carbons (Fsp3) is 0.00862. The van der Waals surface area contributed by atoms with E-state index in [-0.39, 0.29) is 29.5 Å². The molecule has 0 radical (unpaired) electrons. The predicted octanol–water partition coefficient (Wildman–Crippen LogP) is 27.4. The Morgan fingerprint density at radius 2 is 0.577 bits per heavy atom. The van der Waals surface area contributed by atoms with Crippen molar-refractivity contribution in [1.82, 2.24) is 90.6 Å². The van der Waals surface area contributed by atoms with Crippen LogP contribution in [0.15, 0.2) is 402 Å². The lowest BCUT2D eigenvalue weighted by molar-refractivity contribution is 0.101. The molecule has 0 aliphatic carbocycles. The maximum Gasteiger partial charge on any atom is 0.274 e. The van der Waals surface area contributed by atoms with E-state index in [4.69, 9.17) is 58.0 Å². The van der Waals surface area contributed by atoms with Crippen LogP contribution in [0, 0.1) is 6.92 Å². The Kier molecular flexibility index (Phi) is 29.3. The molecule has 0 fully saturated rings. The van der Waals surface area contributed by atoms with E-state index in [9.17, 15) is 24.0 Å². The Balaban J connectivity index is 0.000000113. The number of pyridine rings is 10. The molecule has 14 heterocycles. The molecule has 0 atom stereocenters. The highest BCUT2D eigenvalue weighted by Crippen LogP contribution is 2.41. The van der Waals surface area contributed by atoms with Crippen LogP contribution in [0.3, 0.4) is 0 Å². The molecule has 10 aromatic carbocycles. The second kappa shape index (κ2) is 44.8. The molecule has 9 N–H and O–H groups in total. The summed E-state index contributed by atoms with van der Waals surface area (Å²) in [5.41, 5.74) is 18.1. The van der Waals surface area contributed by atoms with Crippen LogP contribution in [0.4, 0.5) is 28.4 Å². The minimum atomic E-state index is -0.311. The number of rotatable bonds is 18. The smallest absolute Gasteiger partial charge is 0.274 e. The molecule has 0 aliphatic heterocycles. The molecule has 0 unspecified atom stereocenters. The number of aryl methyl sites for hydroxylation is 1. The Morgan fingerprint density at radius 1 is 0.242 bits per heavy atom. The third kappa shape index (κ3) is 22.3. The van der Waals surface area contributed by atoms with Crippen molar-refractivity contribution in [2.45, 2.75) is 6.92 Å². The fourth-order valence-corrected chi connectivity index (χ4v) is 17.6. The first kappa shape index (κ1) is 97.3. The van der Waals surface area contributed by atoms with Gasteiger partial charge in [0.2, 0.25) is 0 Å². The topological polar surface area (TPSA) is 389 Å². The molecule has 0 bridgehead atoms. The molecular weight excluding hydrogens is 1970 g/mol. The third-order valence-corrected chi connectivity index (χ3v) is 25.5. The highest BCUT2D eigenvalue weighted by Gasteiger charge is 2.24. The van der Waals surface area contributed by atoms with Crippen molar-refractivity contribution in [1.29, 1.82) is 0 Å². The molecule has 0 saturated carbocycles. The van der Waals surface area contributed by atoms with Gasteiger partial charge in [-0.1, -0.05) is 191 Å². The zero-order valence-electron chi connectivity index (χ0n) is 78.3. The zero-order chi connectivity index (χ0) is 102. The van der Waals surface area contributed by atoms with Crippen LogP contribution < -0.4 is 26.6 Å². The van der Waals surface area contributed by atoms with E-state index in [1.807, 2.05) is 237 Å². The zero-order valence-corrected chi connectivity index (χ0v) is 82.1. The van der Waals surface area contributed by atoms with Gasteiger partial charge in [0.05, 0.1) is 76.1 Å². The van der Waals surface area contributed by atoms with Gasteiger partial charge in [0.25, 0.3) is 29.5 Å². The lowest BCUT2D eigenvalue weighted by Gasteiger charge is -2.11. The summed E-state index contributed by atoms with van der Waals surface area (Å²) in [6.45, 7) is 1.86. The van der Waals surface area contributed by atoms with Crippen LogP contribution in [-0.2, 0) is 0 Å². The van der Waals surface area contributed by atoms with Crippen molar-refractivity contribution in [3.05, 3.63) is 461 Å². The average Bonchev–Trinajstić information content (AvgIpc) is 1.66. The van der Waals surface area contributed by atoms with Gasteiger partial charge in [0.15, 0.2) is 5.65 Å². The average molecular weight is 2050 g/mol. The van der Waals surface area contributed by atoms with Gasteiger partial charge in [-0.25, -0.2) is 4.98 Å². The molecule has 149 heavy (non-hydrogen) atoms. The van der Waals surface area contributed by atoms with Gasteiger partial charge >= 0.3 is 0 Å². The summed E-state index contributed by atoms with van der Waals surface area (Å²) in [6, 6.07) is 102. The third-order valence-electron chi connectivity index (χ3n) is 23.9.